The van der Waals surface area contributed by atoms with Gasteiger partial charge in [0.1, 0.15) is 0 Å². The minimum absolute atomic E-state index is 0.784. The lowest BCUT2D eigenvalue weighted by atomic mass is 10.3. The molecule has 0 unspecified atom stereocenters. The van der Waals surface area contributed by atoms with Crippen molar-refractivity contribution in [1.29, 1.82) is 0 Å². The Labute approximate surface area is 144 Å². The molecule has 0 amide bonds. The van der Waals surface area contributed by atoms with Crippen molar-refractivity contribution in [1.82, 2.24) is 15.6 Å². The normalized spacial score (nSPS) is 11.5. The van der Waals surface area contributed by atoms with Crippen LogP contribution in [0.1, 0.15) is 17.5 Å². The first-order valence-electron chi connectivity index (χ1n) is 7.44. The first kappa shape index (κ1) is 17.0. The highest BCUT2D eigenvalue weighted by atomic mass is 79.9. The van der Waals surface area contributed by atoms with E-state index in [0.717, 1.165) is 44.1 Å². The average molecular weight is 381 g/mol. The van der Waals surface area contributed by atoms with Crippen molar-refractivity contribution in [3.63, 3.8) is 0 Å². The molecule has 4 nitrogen and oxygen atoms in total. The summed E-state index contributed by atoms with van der Waals surface area (Å²) in [6.07, 6.45) is 3.68. The van der Waals surface area contributed by atoms with Crippen LogP contribution < -0.4 is 10.6 Å². The number of thiophene rings is 1. The van der Waals surface area contributed by atoms with Crippen molar-refractivity contribution < 1.29 is 0 Å². The molecule has 6 heteroatoms. The van der Waals surface area contributed by atoms with Crippen molar-refractivity contribution in [2.45, 2.75) is 19.8 Å². The average Bonchev–Trinajstić information content (AvgIpc) is 2.94. The summed E-state index contributed by atoms with van der Waals surface area (Å²) in [5.41, 5.74) is 1.09. The van der Waals surface area contributed by atoms with Crippen molar-refractivity contribution >= 4 is 33.2 Å². The van der Waals surface area contributed by atoms with Gasteiger partial charge in [-0.05, 0) is 47.1 Å². The Hall–Kier alpha value is -1.40. The second-order valence-electron chi connectivity index (χ2n) is 4.71. The maximum Gasteiger partial charge on any atom is 0.191 e. The molecule has 0 saturated heterocycles. The van der Waals surface area contributed by atoms with Crippen LogP contribution in [0, 0.1) is 0 Å². The van der Waals surface area contributed by atoms with Gasteiger partial charge in [-0.1, -0.05) is 6.07 Å². The largest absolute Gasteiger partial charge is 0.357 e. The van der Waals surface area contributed by atoms with Crippen LogP contribution in [0.3, 0.4) is 0 Å². The molecule has 22 heavy (non-hydrogen) atoms. The number of hydrogen-bond donors (Lipinski definition) is 2. The Bertz CT molecular complexity index is 583. The van der Waals surface area contributed by atoms with E-state index in [2.05, 4.69) is 55.6 Å². The van der Waals surface area contributed by atoms with Crippen LogP contribution in [-0.2, 0) is 12.8 Å². The highest BCUT2D eigenvalue weighted by molar-refractivity contribution is 9.11. The number of rotatable bonds is 7. The maximum atomic E-state index is 4.61. The number of nitrogens with zero attached hydrogens (tertiary/aromatic N) is 2. The Kier molecular flexibility index (Phi) is 7.39. The van der Waals surface area contributed by atoms with Gasteiger partial charge in [0, 0.05) is 49.2 Å². The number of aliphatic imine (C=N–C) groups is 1. The second-order valence-corrected chi connectivity index (χ2v) is 7.26. The van der Waals surface area contributed by atoms with Gasteiger partial charge in [0.05, 0.1) is 3.79 Å². The summed E-state index contributed by atoms with van der Waals surface area (Å²) in [7, 11) is 0. The third-order valence-corrected chi connectivity index (χ3v) is 4.68. The minimum atomic E-state index is 0.784. The lowest BCUT2D eigenvalue weighted by Gasteiger charge is -2.10. The van der Waals surface area contributed by atoms with Crippen LogP contribution in [0.5, 0.6) is 0 Å². The fourth-order valence-corrected chi connectivity index (χ4v) is 3.43. The molecular formula is C16H21BrN4S. The van der Waals surface area contributed by atoms with E-state index >= 15 is 0 Å². The summed E-state index contributed by atoms with van der Waals surface area (Å²) < 4.78 is 1.17. The van der Waals surface area contributed by atoms with Crippen molar-refractivity contribution in [2.24, 2.45) is 4.99 Å². The van der Waals surface area contributed by atoms with E-state index in [1.807, 2.05) is 24.4 Å². The van der Waals surface area contributed by atoms with E-state index in [-0.39, 0.29) is 0 Å². The summed E-state index contributed by atoms with van der Waals surface area (Å²) in [5.74, 6) is 0.869. The number of guanidine groups is 1. The number of halogens is 1. The lowest BCUT2D eigenvalue weighted by molar-refractivity contribution is 0.787. The molecule has 0 atom stereocenters. The molecular weight excluding hydrogens is 360 g/mol. The highest BCUT2D eigenvalue weighted by Crippen LogP contribution is 2.22. The van der Waals surface area contributed by atoms with Crippen molar-refractivity contribution in [3.05, 3.63) is 50.9 Å². The molecule has 0 bridgehead atoms. The van der Waals surface area contributed by atoms with Gasteiger partial charge in [-0.2, -0.15) is 0 Å². The van der Waals surface area contributed by atoms with Gasteiger partial charge in [-0.15, -0.1) is 11.3 Å². The third-order valence-electron chi connectivity index (χ3n) is 3.00. The smallest absolute Gasteiger partial charge is 0.191 e. The Morgan fingerprint density at radius 3 is 2.82 bits per heavy atom. The monoisotopic (exact) mass is 380 g/mol. The summed E-state index contributed by atoms with van der Waals surface area (Å²) in [6, 6.07) is 10.2. The minimum Gasteiger partial charge on any atom is -0.357 e. The van der Waals surface area contributed by atoms with E-state index in [1.165, 1.54) is 8.66 Å². The first-order chi connectivity index (χ1) is 10.8. The molecule has 0 aromatic carbocycles. The van der Waals surface area contributed by atoms with Gasteiger partial charge in [-0.3, -0.25) is 9.98 Å². The fraction of sp³-hybridized carbons (Fsp3) is 0.375. The Morgan fingerprint density at radius 2 is 2.14 bits per heavy atom. The SMILES string of the molecule is CCNC(=NCCc1ccc(Br)s1)NCCc1ccccn1. The molecule has 2 aromatic rings. The molecule has 0 spiro atoms. The summed E-state index contributed by atoms with van der Waals surface area (Å²) in [4.78, 5) is 10.3. The van der Waals surface area contributed by atoms with Gasteiger partial charge in [0.25, 0.3) is 0 Å². The standard InChI is InChI=1S/C16H21BrN4S/c1-2-18-16(20-11-8-13-5-3-4-10-19-13)21-12-9-14-6-7-15(17)22-14/h3-7,10H,2,8-9,11-12H2,1H3,(H2,18,20,21). The zero-order valence-corrected chi connectivity index (χ0v) is 15.1. The lowest BCUT2D eigenvalue weighted by Crippen LogP contribution is -2.38. The molecule has 2 N–H and O–H groups in total. The van der Waals surface area contributed by atoms with E-state index < -0.39 is 0 Å². The first-order valence-corrected chi connectivity index (χ1v) is 9.05. The van der Waals surface area contributed by atoms with Gasteiger partial charge < -0.3 is 10.6 Å². The predicted molar refractivity (Wildman–Crippen MR) is 97.6 cm³/mol. The number of hydrogen-bond acceptors (Lipinski definition) is 3. The molecule has 0 aliphatic carbocycles. The number of aromatic nitrogens is 1. The highest BCUT2D eigenvalue weighted by Gasteiger charge is 2.00. The topological polar surface area (TPSA) is 49.3 Å². The van der Waals surface area contributed by atoms with Gasteiger partial charge >= 0.3 is 0 Å². The molecule has 0 aliphatic rings. The van der Waals surface area contributed by atoms with Crippen LogP contribution in [0.4, 0.5) is 0 Å². The van der Waals surface area contributed by atoms with Crippen LogP contribution in [0.2, 0.25) is 0 Å². The van der Waals surface area contributed by atoms with Crippen LogP contribution >= 0.6 is 27.3 Å². The zero-order chi connectivity index (χ0) is 15.6. The van der Waals surface area contributed by atoms with Crippen molar-refractivity contribution in [3.8, 4) is 0 Å². The second kappa shape index (κ2) is 9.58. The number of nitrogens with one attached hydrogen (secondary N) is 2. The summed E-state index contributed by atoms with van der Waals surface area (Å²) in [6.45, 7) is 4.55. The maximum absolute atomic E-state index is 4.61. The van der Waals surface area contributed by atoms with E-state index in [1.54, 1.807) is 11.3 Å². The van der Waals surface area contributed by atoms with E-state index in [4.69, 9.17) is 0 Å². The van der Waals surface area contributed by atoms with E-state index in [9.17, 15) is 0 Å². The van der Waals surface area contributed by atoms with Crippen molar-refractivity contribution in [2.75, 3.05) is 19.6 Å². The molecule has 2 aromatic heterocycles. The Morgan fingerprint density at radius 1 is 1.23 bits per heavy atom. The zero-order valence-electron chi connectivity index (χ0n) is 12.7. The fourth-order valence-electron chi connectivity index (χ4n) is 1.96. The quantitative estimate of drug-likeness (QED) is 0.572. The molecule has 0 radical (unpaired) electrons. The molecule has 0 saturated carbocycles. The van der Waals surface area contributed by atoms with E-state index in [0.29, 0.717) is 0 Å². The molecule has 0 aliphatic heterocycles. The van der Waals surface area contributed by atoms with Crippen LogP contribution in [0.15, 0.2) is 45.3 Å². The summed E-state index contributed by atoms with van der Waals surface area (Å²) >= 11 is 5.25. The molecule has 0 fully saturated rings. The molecule has 2 heterocycles. The third kappa shape index (κ3) is 6.15. The van der Waals surface area contributed by atoms with Crippen LogP contribution in [0.25, 0.3) is 0 Å². The van der Waals surface area contributed by atoms with Gasteiger partial charge in [-0.25, -0.2) is 0 Å². The van der Waals surface area contributed by atoms with Gasteiger partial charge in [0.15, 0.2) is 5.96 Å². The Balaban J connectivity index is 1.77. The van der Waals surface area contributed by atoms with Crippen LogP contribution in [-0.4, -0.2) is 30.6 Å². The predicted octanol–water partition coefficient (Wildman–Crippen LogP) is 3.25. The number of pyridine rings is 1. The van der Waals surface area contributed by atoms with Gasteiger partial charge in [0.2, 0.25) is 0 Å². The molecule has 2 rings (SSSR count). The molecule has 118 valence electrons. The summed E-state index contributed by atoms with van der Waals surface area (Å²) in [5, 5.41) is 6.63.